The van der Waals surface area contributed by atoms with Crippen LogP contribution in [0.25, 0.3) is 0 Å². The van der Waals surface area contributed by atoms with Gasteiger partial charge in [-0.1, -0.05) is 30.1 Å². The minimum absolute atomic E-state index is 0.0756. The van der Waals surface area contributed by atoms with Crippen molar-refractivity contribution in [3.05, 3.63) is 63.8 Å². The van der Waals surface area contributed by atoms with Gasteiger partial charge in [-0.2, -0.15) is 13.2 Å². The highest BCUT2D eigenvalue weighted by molar-refractivity contribution is 6.34. The molecule has 0 spiro atoms. The summed E-state index contributed by atoms with van der Waals surface area (Å²) in [5, 5.41) is 12.6. The molecule has 0 atom stereocenters. The zero-order valence-corrected chi connectivity index (χ0v) is 24.8. The number of nitrogens with zero attached hydrogens (tertiary/aromatic N) is 3. The van der Waals surface area contributed by atoms with Gasteiger partial charge in [0.25, 0.3) is 0 Å². The van der Waals surface area contributed by atoms with Crippen LogP contribution in [0.4, 0.5) is 34.6 Å². The summed E-state index contributed by atoms with van der Waals surface area (Å²) in [5.74, 6) is -4.75. The number of nitrogens with one attached hydrogen (secondary N) is 1. The summed E-state index contributed by atoms with van der Waals surface area (Å²) in [6.07, 6.45) is -1.10. The Kier molecular flexibility index (Phi) is 9.70. The molecule has 43 heavy (non-hydrogen) atoms. The van der Waals surface area contributed by atoms with Crippen molar-refractivity contribution in [1.29, 1.82) is 0 Å². The van der Waals surface area contributed by atoms with Crippen LogP contribution in [0.1, 0.15) is 62.4 Å². The van der Waals surface area contributed by atoms with Crippen molar-refractivity contribution in [3.63, 3.8) is 0 Å². The molecular weight excluding hydrogens is 615 g/mol. The number of anilines is 3. The second kappa shape index (κ2) is 12.9. The number of amides is 1. The van der Waals surface area contributed by atoms with Crippen molar-refractivity contribution >= 4 is 52.1 Å². The number of benzene rings is 1. The first-order chi connectivity index (χ1) is 20.1. The third-order valence-electron chi connectivity index (χ3n) is 7.12. The van der Waals surface area contributed by atoms with Crippen LogP contribution in [0.3, 0.4) is 0 Å². The number of alkyl halides is 3. The summed E-state index contributed by atoms with van der Waals surface area (Å²) >= 11 is 11.7. The quantitative estimate of drug-likeness (QED) is 0.187. The maximum Gasteiger partial charge on any atom is 0.421 e. The number of aromatic nitrogens is 2. The highest BCUT2D eigenvalue weighted by Crippen LogP contribution is 2.41. The molecule has 8 nitrogen and oxygen atoms in total. The van der Waals surface area contributed by atoms with Gasteiger partial charge in [-0.3, -0.25) is 4.79 Å². The van der Waals surface area contributed by atoms with E-state index in [4.69, 9.17) is 27.9 Å². The van der Waals surface area contributed by atoms with Crippen LogP contribution >= 0.6 is 23.2 Å². The molecule has 2 N–H and O–H groups in total. The van der Waals surface area contributed by atoms with E-state index in [9.17, 15) is 27.9 Å². The number of halogens is 6. The molecule has 2 aromatic heterocycles. The van der Waals surface area contributed by atoms with Crippen molar-refractivity contribution < 1.29 is 37.0 Å². The summed E-state index contributed by atoms with van der Waals surface area (Å²) in [6.45, 7) is 5.42. The Morgan fingerprint density at radius 3 is 2.37 bits per heavy atom. The molecule has 1 fully saturated rings. The highest BCUT2D eigenvalue weighted by Gasteiger charge is 2.37. The third-order valence-corrected chi connectivity index (χ3v) is 7.61. The van der Waals surface area contributed by atoms with Gasteiger partial charge in [0.2, 0.25) is 11.8 Å². The van der Waals surface area contributed by atoms with Crippen molar-refractivity contribution in [2.45, 2.75) is 58.7 Å². The molecule has 0 saturated heterocycles. The number of hydrogen-bond acceptors (Lipinski definition) is 6. The Morgan fingerprint density at radius 1 is 1.12 bits per heavy atom. The van der Waals surface area contributed by atoms with Gasteiger partial charge in [0, 0.05) is 24.1 Å². The summed E-state index contributed by atoms with van der Waals surface area (Å²) in [7, 11) is 0. The molecule has 0 bridgehead atoms. The van der Waals surface area contributed by atoms with E-state index in [1.807, 2.05) is 0 Å². The van der Waals surface area contributed by atoms with Crippen molar-refractivity contribution in [3.8, 4) is 11.6 Å². The molecule has 0 unspecified atom stereocenters. The lowest BCUT2D eigenvalue weighted by Crippen LogP contribution is -2.43. The van der Waals surface area contributed by atoms with Crippen LogP contribution in [0, 0.1) is 17.7 Å². The van der Waals surface area contributed by atoms with Gasteiger partial charge in [0.1, 0.15) is 10.7 Å². The fraction of sp³-hybridized carbons (Fsp3) is 0.379. The molecule has 14 heteroatoms. The van der Waals surface area contributed by atoms with E-state index in [1.54, 1.807) is 13.8 Å². The van der Waals surface area contributed by atoms with Gasteiger partial charge in [-0.05, 0) is 63.6 Å². The number of ether oxygens (including phenoxy) is 1. The normalized spacial score (nSPS) is 17.1. The number of carboxylic acid groups (broad SMARTS) is 1. The van der Waals surface area contributed by atoms with E-state index in [0.717, 1.165) is 31.2 Å². The maximum absolute atomic E-state index is 15.4. The van der Waals surface area contributed by atoms with Gasteiger partial charge < -0.3 is 20.1 Å². The minimum atomic E-state index is -4.99. The summed E-state index contributed by atoms with van der Waals surface area (Å²) in [4.78, 5) is 34.5. The summed E-state index contributed by atoms with van der Waals surface area (Å²) < 4.78 is 62.7. The average Bonchev–Trinajstić information content (AvgIpc) is 2.91. The number of aromatic carboxylic acids is 1. The van der Waals surface area contributed by atoms with Gasteiger partial charge in [0.05, 0.1) is 28.8 Å². The number of carbonyl (C=O) groups is 2. The summed E-state index contributed by atoms with van der Waals surface area (Å²) in [5.41, 5.74) is -2.10. The van der Waals surface area contributed by atoms with Crippen molar-refractivity contribution in [1.82, 2.24) is 9.97 Å². The molecule has 1 aliphatic carbocycles. The molecular formula is C29H28Cl2F4N4O4. The monoisotopic (exact) mass is 642 g/mol. The first-order valence-electron chi connectivity index (χ1n) is 13.4. The fourth-order valence-electron chi connectivity index (χ4n) is 4.92. The van der Waals surface area contributed by atoms with Crippen LogP contribution < -0.4 is 15.0 Å². The van der Waals surface area contributed by atoms with E-state index in [2.05, 4.69) is 22.2 Å². The molecule has 4 rings (SSSR count). The zero-order valence-electron chi connectivity index (χ0n) is 23.3. The molecule has 230 valence electrons. The molecule has 1 amide bonds. The molecule has 3 aromatic rings. The second-order valence-electron chi connectivity index (χ2n) is 10.6. The third kappa shape index (κ3) is 7.48. The Hall–Kier alpha value is -3.64. The van der Waals surface area contributed by atoms with Crippen LogP contribution in [0.15, 0.2) is 36.5 Å². The largest absolute Gasteiger partial charge is 0.478 e. The van der Waals surface area contributed by atoms with E-state index >= 15 is 4.39 Å². The second-order valence-corrected chi connectivity index (χ2v) is 11.4. The smallest absolute Gasteiger partial charge is 0.421 e. The van der Waals surface area contributed by atoms with Crippen LogP contribution in [0.5, 0.6) is 11.6 Å². The number of carbonyl (C=O) groups excluding carboxylic acids is 1. The van der Waals surface area contributed by atoms with E-state index < -0.39 is 46.8 Å². The SMILES string of the molecule is CC1CCC(C(=O)N(c2cc(F)c(Oc3ncc(Nc4ccc(Cl)nc4Cl)cc3C(F)(F)F)cc2C(=O)O)C(C)C)CC1. The molecule has 1 saturated carbocycles. The highest BCUT2D eigenvalue weighted by atomic mass is 35.5. The van der Waals surface area contributed by atoms with E-state index in [0.29, 0.717) is 24.8 Å². The van der Waals surface area contributed by atoms with Gasteiger partial charge >= 0.3 is 12.1 Å². The van der Waals surface area contributed by atoms with E-state index in [1.165, 1.54) is 17.0 Å². The van der Waals surface area contributed by atoms with Crippen molar-refractivity contribution in [2.75, 3.05) is 10.2 Å². The molecule has 1 aliphatic rings. The topological polar surface area (TPSA) is 105 Å². The van der Waals surface area contributed by atoms with Crippen LogP contribution in [-0.4, -0.2) is 33.0 Å². The Balaban J connectivity index is 1.70. The average molecular weight is 643 g/mol. The first kappa shape index (κ1) is 32.3. The molecule has 0 aliphatic heterocycles. The number of rotatable bonds is 8. The van der Waals surface area contributed by atoms with Crippen molar-refractivity contribution in [2.24, 2.45) is 11.8 Å². The predicted molar refractivity (Wildman–Crippen MR) is 154 cm³/mol. The number of carboxylic acids is 1. The summed E-state index contributed by atoms with van der Waals surface area (Å²) in [6, 6.07) is 4.47. The zero-order chi connectivity index (χ0) is 31.6. The molecule has 1 aromatic carbocycles. The maximum atomic E-state index is 15.4. The number of pyridine rings is 2. The molecule has 2 heterocycles. The standard InChI is InChI=1S/C29H28Cl2F4N4O4/c1-14(2)39(27(40)16-6-4-15(3)5-7-16)22-12-20(32)23(11-18(22)28(41)42)43-26-19(29(33,34)35)10-17(13-36-26)37-21-8-9-24(30)38-25(21)31/h8-16,37H,4-7H2,1-3H3,(H,41,42). The number of hydrogen-bond donors (Lipinski definition) is 2. The van der Waals surface area contributed by atoms with Gasteiger partial charge in [-0.15, -0.1) is 0 Å². The minimum Gasteiger partial charge on any atom is -0.478 e. The lowest BCUT2D eigenvalue weighted by molar-refractivity contribution is -0.138. The Labute approximate surface area is 255 Å². The Bertz CT molecular complexity index is 1530. The van der Waals surface area contributed by atoms with E-state index in [-0.39, 0.29) is 39.2 Å². The van der Waals surface area contributed by atoms with Crippen LogP contribution in [-0.2, 0) is 11.0 Å². The predicted octanol–water partition coefficient (Wildman–Crippen LogP) is 8.74. The lowest BCUT2D eigenvalue weighted by atomic mass is 9.82. The van der Waals surface area contributed by atoms with Gasteiger partial charge in [0.15, 0.2) is 16.7 Å². The first-order valence-corrected chi connectivity index (χ1v) is 14.1. The van der Waals surface area contributed by atoms with Crippen LogP contribution in [0.2, 0.25) is 10.3 Å². The molecule has 0 radical (unpaired) electrons. The lowest BCUT2D eigenvalue weighted by Gasteiger charge is -2.34. The van der Waals surface area contributed by atoms with Gasteiger partial charge in [-0.25, -0.2) is 19.2 Å². The fourth-order valence-corrected chi connectivity index (χ4v) is 5.31. The Morgan fingerprint density at radius 2 is 1.79 bits per heavy atom.